The second-order valence-corrected chi connectivity index (χ2v) is 7.12. The molecule has 6 nitrogen and oxygen atoms in total. The summed E-state index contributed by atoms with van der Waals surface area (Å²) in [5.41, 5.74) is -2.14. The van der Waals surface area contributed by atoms with Crippen LogP contribution in [0.3, 0.4) is 0 Å². The van der Waals surface area contributed by atoms with Gasteiger partial charge in [-0.2, -0.15) is 0 Å². The number of hydrogen-bond donors (Lipinski definition) is 3. The Hall–Kier alpha value is -0.950. The third kappa shape index (κ3) is 1.20. The van der Waals surface area contributed by atoms with Crippen molar-refractivity contribution in [2.45, 2.75) is 50.6 Å². The number of epoxide rings is 1. The van der Waals surface area contributed by atoms with E-state index < -0.39 is 47.1 Å². The van der Waals surface area contributed by atoms with Crippen LogP contribution in [-0.4, -0.2) is 58.2 Å². The zero-order valence-electron chi connectivity index (χ0n) is 12.1. The van der Waals surface area contributed by atoms with Gasteiger partial charge in [-0.25, -0.2) is 0 Å². The van der Waals surface area contributed by atoms with Gasteiger partial charge in [0.15, 0.2) is 5.76 Å². The van der Waals surface area contributed by atoms with Crippen molar-refractivity contribution in [3.8, 4) is 0 Å². The van der Waals surface area contributed by atoms with Gasteiger partial charge in [-0.1, -0.05) is 6.92 Å². The van der Waals surface area contributed by atoms with Gasteiger partial charge in [0.1, 0.15) is 11.7 Å². The highest BCUT2D eigenvalue weighted by Crippen LogP contribution is 2.70. The Kier molecular flexibility index (Phi) is 2.40. The minimum absolute atomic E-state index is 0.277. The quantitative estimate of drug-likeness (QED) is 0.593. The number of rotatable bonds is 1. The Morgan fingerprint density at radius 2 is 2.10 bits per heavy atom. The van der Waals surface area contributed by atoms with Crippen LogP contribution in [-0.2, 0) is 14.3 Å². The molecule has 2 aliphatic heterocycles. The number of Topliss-reactive ketones (excluding diaryl/α,β-unsaturated/α-hetero) is 1. The van der Waals surface area contributed by atoms with E-state index in [1.54, 1.807) is 6.92 Å². The number of ether oxygens (including phenoxy) is 2. The molecule has 2 aliphatic carbocycles. The first-order chi connectivity index (χ1) is 9.84. The van der Waals surface area contributed by atoms with Crippen molar-refractivity contribution < 1.29 is 29.6 Å². The molecule has 6 heteroatoms. The first kappa shape index (κ1) is 13.7. The lowest BCUT2D eigenvalue weighted by molar-refractivity contribution is -0.224. The third-order valence-corrected chi connectivity index (χ3v) is 6.43. The second kappa shape index (κ2) is 3.68. The Morgan fingerprint density at radius 1 is 1.43 bits per heavy atom. The molecule has 0 amide bonds. The summed E-state index contributed by atoms with van der Waals surface area (Å²) in [6, 6.07) is 0. The zero-order valence-corrected chi connectivity index (χ0v) is 12.1. The Bertz CT molecular complexity index is 565. The highest BCUT2D eigenvalue weighted by atomic mass is 16.6. The van der Waals surface area contributed by atoms with Crippen LogP contribution in [0.25, 0.3) is 0 Å². The molecular weight excluding hydrogens is 276 g/mol. The van der Waals surface area contributed by atoms with Crippen molar-refractivity contribution in [1.82, 2.24) is 0 Å². The predicted molar refractivity (Wildman–Crippen MR) is 70.5 cm³/mol. The van der Waals surface area contributed by atoms with Gasteiger partial charge in [0.2, 0.25) is 5.78 Å². The van der Waals surface area contributed by atoms with E-state index in [9.17, 15) is 20.1 Å². The van der Waals surface area contributed by atoms with E-state index in [1.165, 1.54) is 0 Å². The minimum atomic E-state index is -1.25. The first-order valence-corrected chi connectivity index (χ1v) is 7.36. The van der Waals surface area contributed by atoms with Crippen LogP contribution in [0, 0.1) is 10.8 Å². The van der Waals surface area contributed by atoms with E-state index in [0.717, 1.165) is 0 Å². The summed E-state index contributed by atoms with van der Waals surface area (Å²) in [6.45, 7) is 3.56. The lowest BCUT2D eigenvalue weighted by Gasteiger charge is -2.56. The Balaban J connectivity index is 1.94. The maximum Gasteiger partial charge on any atom is 0.208 e. The molecule has 116 valence electrons. The molecule has 5 unspecified atom stereocenters. The van der Waals surface area contributed by atoms with E-state index in [2.05, 4.69) is 0 Å². The van der Waals surface area contributed by atoms with Crippen LogP contribution in [0.1, 0.15) is 26.7 Å². The van der Waals surface area contributed by atoms with E-state index in [1.807, 2.05) is 6.92 Å². The average molecular weight is 296 g/mol. The monoisotopic (exact) mass is 296 g/mol. The van der Waals surface area contributed by atoms with E-state index >= 15 is 0 Å². The van der Waals surface area contributed by atoms with Crippen molar-refractivity contribution in [3.05, 3.63) is 11.3 Å². The molecule has 4 aliphatic rings. The molecule has 2 saturated heterocycles. The summed E-state index contributed by atoms with van der Waals surface area (Å²) in [6.07, 6.45) is -1.01. The normalized spacial score (nSPS) is 55.0. The topological polar surface area (TPSA) is 99.5 Å². The summed E-state index contributed by atoms with van der Waals surface area (Å²) in [4.78, 5) is 12.9. The molecule has 3 N–H and O–H groups in total. The highest BCUT2D eigenvalue weighted by molar-refractivity contribution is 6.01. The molecule has 3 fully saturated rings. The van der Waals surface area contributed by atoms with E-state index in [-0.39, 0.29) is 5.76 Å². The molecule has 2 heterocycles. The number of aliphatic hydroxyl groups is 3. The van der Waals surface area contributed by atoms with Gasteiger partial charge in [-0.3, -0.25) is 4.79 Å². The van der Waals surface area contributed by atoms with Gasteiger partial charge in [-0.15, -0.1) is 0 Å². The number of ketones is 1. The van der Waals surface area contributed by atoms with Crippen molar-refractivity contribution in [2.24, 2.45) is 10.8 Å². The number of hydrogen-bond acceptors (Lipinski definition) is 6. The summed E-state index contributed by atoms with van der Waals surface area (Å²) >= 11 is 0. The average Bonchev–Trinajstić information content (AvgIpc) is 3.20. The highest BCUT2D eigenvalue weighted by Gasteiger charge is 2.83. The maximum atomic E-state index is 12.9. The van der Waals surface area contributed by atoms with Crippen LogP contribution < -0.4 is 0 Å². The zero-order chi connectivity index (χ0) is 15.2. The molecule has 21 heavy (non-hydrogen) atoms. The molecule has 0 aromatic carbocycles. The van der Waals surface area contributed by atoms with Crippen LogP contribution in [0.2, 0.25) is 0 Å². The second-order valence-electron chi connectivity index (χ2n) is 7.12. The van der Waals surface area contributed by atoms with Crippen LogP contribution in [0.4, 0.5) is 0 Å². The van der Waals surface area contributed by atoms with Crippen LogP contribution in [0.5, 0.6) is 0 Å². The molecule has 1 saturated carbocycles. The van der Waals surface area contributed by atoms with Crippen molar-refractivity contribution >= 4 is 5.78 Å². The molecule has 0 aromatic rings. The predicted octanol–water partition coefficient (Wildman–Crippen LogP) is 0.0772. The maximum absolute atomic E-state index is 12.9. The Morgan fingerprint density at radius 3 is 2.67 bits per heavy atom. The van der Waals surface area contributed by atoms with Gasteiger partial charge < -0.3 is 24.8 Å². The molecule has 4 rings (SSSR count). The van der Waals surface area contributed by atoms with Gasteiger partial charge in [0.25, 0.3) is 0 Å². The number of carbonyl (C=O) groups is 1. The fourth-order valence-corrected chi connectivity index (χ4v) is 5.04. The Labute approximate surface area is 122 Å². The number of aliphatic hydroxyl groups excluding tert-OH is 3. The molecular formula is C15H20O6. The lowest BCUT2D eigenvalue weighted by atomic mass is 9.51. The fraction of sp³-hybridized carbons (Fsp3) is 0.800. The third-order valence-electron chi connectivity index (χ3n) is 6.43. The summed E-state index contributed by atoms with van der Waals surface area (Å²) in [5.74, 6) is -0.760. The lowest BCUT2D eigenvalue weighted by Crippen LogP contribution is -2.68. The molecule has 0 radical (unpaired) electrons. The molecule has 2 bridgehead atoms. The number of allylic oxidation sites excluding steroid dienone is 1. The van der Waals surface area contributed by atoms with E-state index in [0.29, 0.717) is 25.0 Å². The van der Waals surface area contributed by atoms with Crippen LogP contribution in [0.15, 0.2) is 11.3 Å². The molecule has 0 aromatic heterocycles. The minimum Gasteiger partial charge on any atom is -0.504 e. The van der Waals surface area contributed by atoms with Crippen molar-refractivity contribution in [3.63, 3.8) is 0 Å². The smallest absolute Gasteiger partial charge is 0.208 e. The summed E-state index contributed by atoms with van der Waals surface area (Å²) in [7, 11) is 0. The first-order valence-electron chi connectivity index (χ1n) is 7.36. The summed E-state index contributed by atoms with van der Waals surface area (Å²) in [5, 5.41) is 30.6. The van der Waals surface area contributed by atoms with Crippen molar-refractivity contribution in [2.75, 3.05) is 13.2 Å². The SMILES string of the molecule is CC1=C(O)C(=O)C2(CO)C(C1)OC1C(O)C[C@@]2(C)C12CO2. The van der Waals surface area contributed by atoms with Gasteiger partial charge >= 0.3 is 0 Å². The van der Waals surface area contributed by atoms with Gasteiger partial charge in [0.05, 0.1) is 30.8 Å². The van der Waals surface area contributed by atoms with Gasteiger partial charge in [-0.05, 0) is 25.3 Å². The molecule has 6 atom stereocenters. The van der Waals surface area contributed by atoms with Crippen molar-refractivity contribution in [1.29, 1.82) is 0 Å². The van der Waals surface area contributed by atoms with Gasteiger partial charge in [0, 0.05) is 5.41 Å². The molecule has 1 spiro atoms. The van der Waals surface area contributed by atoms with Crippen LogP contribution >= 0.6 is 0 Å². The fourth-order valence-electron chi connectivity index (χ4n) is 5.04. The summed E-state index contributed by atoms with van der Waals surface area (Å²) < 4.78 is 11.7. The largest absolute Gasteiger partial charge is 0.504 e. The number of carbonyl (C=O) groups excluding carboxylic acids is 1. The number of fused-ring (bicyclic) bond motifs is 2. The standard InChI is InChI=1S/C15H20O6/c1-7-3-9-14(5-16,11(19)10(7)18)13(2)4-8(17)12(21-9)15(13)6-20-15/h8-9,12,16-18H,3-6H2,1-2H3/t8?,9?,12?,13-,14?,15?/m1/s1. The van der Waals surface area contributed by atoms with E-state index in [4.69, 9.17) is 9.47 Å².